The van der Waals surface area contributed by atoms with Gasteiger partial charge in [-0.2, -0.15) is 4.39 Å². The minimum absolute atomic E-state index is 0.0463. The van der Waals surface area contributed by atoms with Gasteiger partial charge < -0.3 is 10.2 Å². The minimum Gasteiger partial charge on any atom is -0.326 e. The fourth-order valence-corrected chi connectivity index (χ4v) is 3.02. The molecule has 1 heterocycles. The number of halogens is 1. The monoisotopic (exact) mass is 371 g/mol. The van der Waals surface area contributed by atoms with Crippen LogP contribution in [0.2, 0.25) is 0 Å². The average Bonchev–Trinajstić information content (AvgIpc) is 3.05. The first-order valence-corrected chi connectivity index (χ1v) is 8.53. The van der Waals surface area contributed by atoms with Crippen LogP contribution in [-0.2, 0) is 16.0 Å². The van der Waals surface area contributed by atoms with Crippen LogP contribution >= 0.6 is 0 Å². The van der Waals surface area contributed by atoms with Crippen LogP contribution in [0.25, 0.3) is 0 Å². The molecule has 0 bridgehead atoms. The molecule has 2 aromatic carbocycles. The van der Waals surface area contributed by atoms with E-state index >= 15 is 0 Å². The van der Waals surface area contributed by atoms with Gasteiger partial charge in [-0.05, 0) is 36.2 Å². The van der Waals surface area contributed by atoms with Crippen molar-refractivity contribution in [1.82, 2.24) is 0 Å². The molecular formula is C19H18FN3O4. The highest BCUT2D eigenvalue weighted by molar-refractivity contribution is 6.03. The van der Waals surface area contributed by atoms with Gasteiger partial charge in [-0.15, -0.1) is 0 Å². The lowest BCUT2D eigenvalue weighted by Gasteiger charge is -2.17. The number of carbonyl (C=O) groups is 2. The van der Waals surface area contributed by atoms with Crippen molar-refractivity contribution in [1.29, 1.82) is 0 Å². The number of nitrogens with one attached hydrogen (secondary N) is 1. The molecule has 140 valence electrons. The number of aryl methyl sites for hydroxylation is 1. The normalized spacial score (nSPS) is 16.4. The molecule has 1 aliphatic rings. The van der Waals surface area contributed by atoms with Crippen molar-refractivity contribution in [3.05, 3.63) is 64.0 Å². The van der Waals surface area contributed by atoms with Crippen molar-refractivity contribution in [2.75, 3.05) is 16.8 Å². The van der Waals surface area contributed by atoms with Gasteiger partial charge >= 0.3 is 5.69 Å². The Balaban J connectivity index is 1.70. The van der Waals surface area contributed by atoms with E-state index in [2.05, 4.69) is 5.32 Å². The fraction of sp³-hybridized carbons (Fsp3) is 0.263. The third-order valence-corrected chi connectivity index (χ3v) is 4.56. The number of hydrogen-bond acceptors (Lipinski definition) is 4. The van der Waals surface area contributed by atoms with Crippen LogP contribution in [0, 0.1) is 21.8 Å². The number of benzene rings is 2. The minimum atomic E-state index is -0.976. The van der Waals surface area contributed by atoms with E-state index < -0.39 is 28.3 Å². The summed E-state index contributed by atoms with van der Waals surface area (Å²) in [6.07, 6.45) is 0.938. The highest BCUT2D eigenvalue weighted by Crippen LogP contribution is 2.27. The smallest absolute Gasteiger partial charge is 0.306 e. The Morgan fingerprint density at radius 2 is 2.00 bits per heavy atom. The molecule has 0 saturated carbocycles. The molecule has 1 fully saturated rings. The molecule has 1 atom stereocenters. The van der Waals surface area contributed by atoms with E-state index in [1.807, 2.05) is 31.2 Å². The number of anilines is 2. The lowest BCUT2D eigenvalue weighted by Crippen LogP contribution is -2.28. The Morgan fingerprint density at radius 3 is 2.63 bits per heavy atom. The third kappa shape index (κ3) is 3.94. The number of nitro benzene ring substituents is 1. The molecule has 8 heteroatoms. The summed E-state index contributed by atoms with van der Waals surface area (Å²) in [6.45, 7) is 2.26. The van der Waals surface area contributed by atoms with Gasteiger partial charge in [-0.25, -0.2) is 0 Å². The van der Waals surface area contributed by atoms with Gasteiger partial charge in [0.15, 0.2) is 0 Å². The second kappa shape index (κ2) is 7.53. The molecule has 0 aromatic heterocycles. The number of amides is 2. The number of hydrogen-bond donors (Lipinski definition) is 1. The van der Waals surface area contributed by atoms with E-state index in [1.165, 1.54) is 6.07 Å². The summed E-state index contributed by atoms with van der Waals surface area (Å²) in [5, 5.41) is 13.3. The molecule has 1 aliphatic heterocycles. The molecule has 0 unspecified atom stereocenters. The second-order valence-corrected chi connectivity index (χ2v) is 6.34. The highest BCUT2D eigenvalue weighted by atomic mass is 19.1. The zero-order chi connectivity index (χ0) is 19.6. The number of nitrogens with zero attached hydrogens (tertiary/aromatic N) is 2. The Labute approximate surface area is 154 Å². The largest absolute Gasteiger partial charge is 0.326 e. The number of carbonyl (C=O) groups excluding carboxylic acids is 2. The van der Waals surface area contributed by atoms with E-state index in [9.17, 15) is 24.1 Å². The fourth-order valence-electron chi connectivity index (χ4n) is 3.02. The molecule has 0 spiro atoms. The van der Waals surface area contributed by atoms with Crippen LogP contribution in [0.15, 0.2) is 42.5 Å². The van der Waals surface area contributed by atoms with Gasteiger partial charge in [0.25, 0.3) is 0 Å². The standard InChI is InChI=1S/C19H18FN3O4/c1-2-12-3-6-15(7-4-12)22-11-13(9-18(22)24)19(25)21-14-5-8-16(20)17(10-14)23(26)27/h3-8,10,13H,2,9,11H2,1H3,(H,21,25)/t13-/m1/s1. The van der Waals surface area contributed by atoms with Crippen LogP contribution in [-0.4, -0.2) is 23.3 Å². The Kier molecular flexibility index (Phi) is 5.16. The molecular weight excluding hydrogens is 353 g/mol. The van der Waals surface area contributed by atoms with Crippen LogP contribution in [0.3, 0.4) is 0 Å². The van der Waals surface area contributed by atoms with Crippen LogP contribution in [0.5, 0.6) is 0 Å². The van der Waals surface area contributed by atoms with Gasteiger partial charge in [0.05, 0.1) is 10.8 Å². The number of nitro groups is 1. The lowest BCUT2D eigenvalue weighted by atomic mass is 10.1. The quantitative estimate of drug-likeness (QED) is 0.645. The summed E-state index contributed by atoms with van der Waals surface area (Å²) in [4.78, 5) is 36.2. The maximum absolute atomic E-state index is 13.4. The van der Waals surface area contributed by atoms with Crippen molar-refractivity contribution in [3.8, 4) is 0 Å². The summed E-state index contributed by atoms with van der Waals surface area (Å²) in [7, 11) is 0. The van der Waals surface area contributed by atoms with Gasteiger partial charge in [-0.1, -0.05) is 19.1 Å². The summed E-state index contributed by atoms with van der Waals surface area (Å²) in [6, 6.07) is 10.7. The molecule has 1 N–H and O–H groups in total. The molecule has 0 radical (unpaired) electrons. The molecule has 7 nitrogen and oxygen atoms in total. The maximum atomic E-state index is 13.4. The zero-order valence-electron chi connectivity index (χ0n) is 14.6. The van der Waals surface area contributed by atoms with Gasteiger partial charge in [-0.3, -0.25) is 19.7 Å². The van der Waals surface area contributed by atoms with Crippen molar-refractivity contribution in [2.24, 2.45) is 5.92 Å². The summed E-state index contributed by atoms with van der Waals surface area (Å²) < 4.78 is 13.4. The Hall–Kier alpha value is -3.29. The zero-order valence-corrected chi connectivity index (χ0v) is 14.6. The molecule has 3 rings (SSSR count). The maximum Gasteiger partial charge on any atom is 0.306 e. The average molecular weight is 371 g/mol. The highest BCUT2D eigenvalue weighted by Gasteiger charge is 2.35. The van der Waals surface area contributed by atoms with E-state index in [0.717, 1.165) is 29.8 Å². The molecule has 1 saturated heterocycles. The summed E-state index contributed by atoms with van der Waals surface area (Å²) in [5.74, 6) is -2.16. The molecule has 2 amide bonds. The Bertz CT molecular complexity index is 898. The predicted octanol–water partition coefficient (Wildman–Crippen LogP) is 3.29. The van der Waals surface area contributed by atoms with Gasteiger partial charge in [0.2, 0.25) is 17.6 Å². The topological polar surface area (TPSA) is 92.6 Å². The lowest BCUT2D eigenvalue weighted by molar-refractivity contribution is -0.387. The van der Waals surface area contributed by atoms with Gasteiger partial charge in [0.1, 0.15) is 0 Å². The first kappa shape index (κ1) is 18.5. The molecule has 2 aromatic rings. The van der Waals surface area contributed by atoms with Crippen molar-refractivity contribution in [3.63, 3.8) is 0 Å². The molecule has 0 aliphatic carbocycles. The van der Waals surface area contributed by atoms with Crippen LogP contribution < -0.4 is 10.2 Å². The van der Waals surface area contributed by atoms with E-state index in [1.54, 1.807) is 4.90 Å². The van der Waals surface area contributed by atoms with Crippen LogP contribution in [0.1, 0.15) is 18.9 Å². The Morgan fingerprint density at radius 1 is 1.30 bits per heavy atom. The van der Waals surface area contributed by atoms with E-state index in [-0.39, 0.29) is 24.6 Å². The third-order valence-electron chi connectivity index (χ3n) is 4.56. The second-order valence-electron chi connectivity index (χ2n) is 6.34. The molecule has 27 heavy (non-hydrogen) atoms. The van der Waals surface area contributed by atoms with Crippen LogP contribution in [0.4, 0.5) is 21.5 Å². The van der Waals surface area contributed by atoms with Crippen molar-refractivity contribution < 1.29 is 18.9 Å². The van der Waals surface area contributed by atoms with Gasteiger partial charge in [0, 0.05) is 30.4 Å². The summed E-state index contributed by atoms with van der Waals surface area (Å²) >= 11 is 0. The SMILES string of the molecule is CCc1ccc(N2C[C@H](C(=O)Nc3ccc(F)c([N+](=O)[O-])c3)CC2=O)cc1. The van der Waals surface area contributed by atoms with E-state index in [4.69, 9.17) is 0 Å². The first-order chi connectivity index (χ1) is 12.9. The van der Waals surface area contributed by atoms with Crippen molar-refractivity contribution >= 4 is 28.9 Å². The number of rotatable bonds is 5. The van der Waals surface area contributed by atoms with E-state index in [0.29, 0.717) is 0 Å². The first-order valence-electron chi connectivity index (χ1n) is 8.53. The van der Waals surface area contributed by atoms with Crippen molar-refractivity contribution in [2.45, 2.75) is 19.8 Å². The summed E-state index contributed by atoms with van der Waals surface area (Å²) in [5.41, 5.74) is 1.28. The predicted molar refractivity (Wildman–Crippen MR) is 98.0 cm³/mol.